The average Bonchev–Trinajstić information content (AvgIpc) is 2.62. The van der Waals surface area contributed by atoms with E-state index in [1.165, 1.54) is 0 Å². The van der Waals surface area contributed by atoms with E-state index in [0.29, 0.717) is 6.61 Å². The summed E-state index contributed by atoms with van der Waals surface area (Å²) in [6.45, 7) is 8.68. The van der Waals surface area contributed by atoms with Gasteiger partial charge in [0.1, 0.15) is 5.75 Å². The fraction of sp³-hybridized carbons (Fsp3) is 0.474. The minimum atomic E-state index is -0.506. The van der Waals surface area contributed by atoms with Crippen molar-refractivity contribution >= 4 is 10.8 Å². The minimum Gasteiger partial charge on any atom is -0.493 e. The van der Waals surface area contributed by atoms with Crippen LogP contribution in [0.3, 0.4) is 0 Å². The summed E-state index contributed by atoms with van der Waals surface area (Å²) in [6.07, 6.45) is -0.506. The lowest BCUT2D eigenvalue weighted by molar-refractivity contribution is 0.0519. The van der Waals surface area contributed by atoms with Gasteiger partial charge in [0.05, 0.1) is 12.7 Å². The number of aliphatic hydroxyl groups excluding tert-OH is 1. The van der Waals surface area contributed by atoms with Crippen molar-refractivity contribution in [1.82, 2.24) is 10.2 Å². The Morgan fingerprint density at radius 2 is 1.83 bits per heavy atom. The van der Waals surface area contributed by atoms with E-state index in [9.17, 15) is 5.11 Å². The number of hydrogen-bond donors (Lipinski definition) is 2. The van der Waals surface area contributed by atoms with Crippen LogP contribution in [0.2, 0.25) is 0 Å². The Bertz CT molecular complexity index is 653. The number of nitrogens with one attached hydrogen (secondary N) is 1. The molecule has 0 aliphatic carbocycles. The van der Waals surface area contributed by atoms with Crippen LogP contribution in [0.5, 0.6) is 5.75 Å². The van der Waals surface area contributed by atoms with Crippen LogP contribution in [0.1, 0.15) is 25.5 Å². The largest absolute Gasteiger partial charge is 0.493 e. The third-order valence-corrected chi connectivity index (χ3v) is 4.72. The van der Waals surface area contributed by atoms with Gasteiger partial charge in [-0.1, -0.05) is 30.3 Å². The summed E-state index contributed by atoms with van der Waals surface area (Å²) in [4.78, 5) is 2.35. The maximum Gasteiger partial charge on any atom is 0.127 e. The highest BCUT2D eigenvalue weighted by Gasteiger charge is 2.25. The van der Waals surface area contributed by atoms with Crippen LogP contribution in [0, 0.1) is 0 Å². The van der Waals surface area contributed by atoms with Gasteiger partial charge in [-0.2, -0.15) is 0 Å². The monoisotopic (exact) mass is 314 g/mol. The molecule has 0 amide bonds. The topological polar surface area (TPSA) is 44.7 Å². The fourth-order valence-corrected chi connectivity index (χ4v) is 3.38. The predicted octanol–water partition coefficient (Wildman–Crippen LogP) is 2.57. The second-order valence-corrected chi connectivity index (χ2v) is 6.10. The molecule has 1 heterocycles. The summed E-state index contributed by atoms with van der Waals surface area (Å²) >= 11 is 0. The standard InChI is InChI=1S/C19H26N2O2/c1-3-23-18-9-8-17(15-6-4-5-7-16(15)18)19(22)14(2)21-12-10-20-11-13-21/h4-9,14,19-20,22H,3,10-13H2,1-2H3. The highest BCUT2D eigenvalue weighted by molar-refractivity contribution is 5.91. The molecule has 1 fully saturated rings. The number of fused-ring (bicyclic) bond motifs is 1. The Balaban J connectivity index is 1.94. The molecule has 2 aromatic carbocycles. The van der Waals surface area contributed by atoms with Crippen molar-refractivity contribution in [2.24, 2.45) is 0 Å². The molecule has 1 aliphatic rings. The molecule has 0 aromatic heterocycles. The van der Waals surface area contributed by atoms with Crippen LogP contribution in [-0.2, 0) is 0 Å². The molecular weight excluding hydrogens is 288 g/mol. The third-order valence-electron chi connectivity index (χ3n) is 4.72. The first-order chi connectivity index (χ1) is 11.2. The van der Waals surface area contributed by atoms with Gasteiger partial charge < -0.3 is 15.2 Å². The Morgan fingerprint density at radius 3 is 2.52 bits per heavy atom. The van der Waals surface area contributed by atoms with Crippen LogP contribution in [0.15, 0.2) is 36.4 Å². The van der Waals surface area contributed by atoms with Crippen molar-refractivity contribution in [3.63, 3.8) is 0 Å². The van der Waals surface area contributed by atoms with Crippen LogP contribution in [0.25, 0.3) is 10.8 Å². The highest BCUT2D eigenvalue weighted by Crippen LogP contribution is 2.33. The first kappa shape index (κ1) is 16.2. The van der Waals surface area contributed by atoms with Gasteiger partial charge in [-0.25, -0.2) is 0 Å². The summed E-state index contributed by atoms with van der Waals surface area (Å²) in [5.74, 6) is 0.883. The Morgan fingerprint density at radius 1 is 1.13 bits per heavy atom. The molecule has 0 radical (unpaired) electrons. The van der Waals surface area contributed by atoms with Crippen molar-refractivity contribution in [2.75, 3.05) is 32.8 Å². The number of aliphatic hydroxyl groups is 1. The Kier molecular flexibility index (Phi) is 5.16. The lowest BCUT2D eigenvalue weighted by Crippen LogP contribution is -2.49. The zero-order chi connectivity index (χ0) is 16.2. The summed E-state index contributed by atoms with van der Waals surface area (Å²) in [5.41, 5.74) is 0.982. The van der Waals surface area contributed by atoms with E-state index in [1.54, 1.807) is 0 Å². The lowest BCUT2D eigenvalue weighted by Gasteiger charge is -2.35. The molecule has 0 saturated carbocycles. The summed E-state index contributed by atoms with van der Waals surface area (Å²) in [6, 6.07) is 12.3. The van der Waals surface area contributed by atoms with Gasteiger partial charge in [0.25, 0.3) is 0 Å². The molecule has 2 atom stereocenters. The molecule has 1 saturated heterocycles. The summed E-state index contributed by atoms with van der Waals surface area (Å²) < 4.78 is 5.73. The van der Waals surface area contributed by atoms with E-state index in [-0.39, 0.29) is 6.04 Å². The zero-order valence-electron chi connectivity index (χ0n) is 14.0. The minimum absolute atomic E-state index is 0.0958. The maximum atomic E-state index is 11.0. The van der Waals surface area contributed by atoms with Crippen molar-refractivity contribution in [2.45, 2.75) is 26.0 Å². The zero-order valence-corrected chi connectivity index (χ0v) is 14.0. The third kappa shape index (κ3) is 3.34. The van der Waals surface area contributed by atoms with E-state index >= 15 is 0 Å². The second kappa shape index (κ2) is 7.30. The van der Waals surface area contributed by atoms with E-state index < -0.39 is 6.10 Å². The van der Waals surface area contributed by atoms with Gasteiger partial charge >= 0.3 is 0 Å². The number of nitrogens with zero attached hydrogens (tertiary/aromatic N) is 1. The van der Waals surface area contributed by atoms with Crippen LogP contribution >= 0.6 is 0 Å². The lowest BCUT2D eigenvalue weighted by atomic mass is 9.95. The predicted molar refractivity (Wildman–Crippen MR) is 94.0 cm³/mol. The SMILES string of the molecule is CCOc1ccc(C(O)C(C)N2CCNCC2)c2ccccc12. The van der Waals surface area contributed by atoms with Gasteiger partial charge in [-0.05, 0) is 30.9 Å². The van der Waals surface area contributed by atoms with E-state index in [4.69, 9.17) is 4.74 Å². The molecule has 23 heavy (non-hydrogen) atoms. The molecule has 2 unspecified atom stereocenters. The quantitative estimate of drug-likeness (QED) is 0.890. The van der Waals surface area contributed by atoms with Crippen molar-refractivity contribution < 1.29 is 9.84 Å². The molecule has 124 valence electrons. The van der Waals surface area contributed by atoms with Crippen molar-refractivity contribution in [1.29, 1.82) is 0 Å². The highest BCUT2D eigenvalue weighted by atomic mass is 16.5. The molecule has 0 spiro atoms. The number of hydrogen-bond acceptors (Lipinski definition) is 4. The van der Waals surface area contributed by atoms with Gasteiger partial charge in [-0.3, -0.25) is 4.90 Å². The van der Waals surface area contributed by atoms with Gasteiger partial charge in [0, 0.05) is 37.6 Å². The molecule has 1 aliphatic heterocycles. The number of ether oxygens (including phenoxy) is 1. The normalized spacial score (nSPS) is 18.7. The summed E-state index contributed by atoms with van der Waals surface area (Å²) in [7, 11) is 0. The van der Waals surface area contributed by atoms with Crippen molar-refractivity contribution in [3.05, 3.63) is 42.0 Å². The first-order valence-corrected chi connectivity index (χ1v) is 8.49. The van der Waals surface area contributed by atoms with Crippen LogP contribution in [-0.4, -0.2) is 48.8 Å². The number of benzene rings is 2. The van der Waals surface area contributed by atoms with Gasteiger partial charge in [0.15, 0.2) is 0 Å². The van der Waals surface area contributed by atoms with E-state index in [1.807, 2.05) is 31.2 Å². The second-order valence-electron chi connectivity index (χ2n) is 6.10. The molecule has 2 N–H and O–H groups in total. The van der Waals surface area contributed by atoms with E-state index in [0.717, 1.165) is 48.3 Å². The molecule has 3 rings (SSSR count). The van der Waals surface area contributed by atoms with Gasteiger partial charge in [-0.15, -0.1) is 0 Å². The smallest absolute Gasteiger partial charge is 0.127 e. The van der Waals surface area contributed by atoms with Crippen LogP contribution in [0.4, 0.5) is 0 Å². The Labute approximate surface area is 138 Å². The number of piperazine rings is 1. The van der Waals surface area contributed by atoms with Gasteiger partial charge in [0.2, 0.25) is 0 Å². The fourth-order valence-electron chi connectivity index (χ4n) is 3.38. The average molecular weight is 314 g/mol. The number of rotatable bonds is 5. The maximum absolute atomic E-state index is 11.0. The molecule has 0 bridgehead atoms. The Hall–Kier alpha value is -1.62. The first-order valence-electron chi connectivity index (χ1n) is 8.49. The molecular formula is C19H26N2O2. The van der Waals surface area contributed by atoms with E-state index in [2.05, 4.69) is 29.3 Å². The molecule has 4 nitrogen and oxygen atoms in total. The van der Waals surface area contributed by atoms with Crippen LogP contribution < -0.4 is 10.1 Å². The summed E-state index contributed by atoms with van der Waals surface area (Å²) in [5, 5.41) is 16.5. The molecule has 4 heteroatoms. The van der Waals surface area contributed by atoms with Crippen molar-refractivity contribution in [3.8, 4) is 5.75 Å². The molecule has 2 aromatic rings.